The van der Waals surface area contributed by atoms with Gasteiger partial charge in [-0.1, -0.05) is 13.8 Å². The Bertz CT molecular complexity index is 603. The van der Waals surface area contributed by atoms with E-state index in [4.69, 9.17) is 9.82 Å². The van der Waals surface area contributed by atoms with Crippen molar-refractivity contribution in [3.8, 4) is 0 Å². The average Bonchev–Trinajstić information content (AvgIpc) is 2.72. The van der Waals surface area contributed by atoms with E-state index < -0.39 is 0 Å². The summed E-state index contributed by atoms with van der Waals surface area (Å²) in [6, 6.07) is 0. The molecule has 5 nitrogen and oxygen atoms in total. The molecule has 0 amide bonds. The number of pyridine rings is 1. The number of aromatic nitrogens is 3. The Balaban J connectivity index is 2.58. The second kappa shape index (κ2) is 5.89. The number of imidazole rings is 1. The highest BCUT2D eigenvalue weighted by molar-refractivity contribution is 5.79. The lowest BCUT2D eigenvalue weighted by Crippen LogP contribution is -2.20. The maximum absolute atomic E-state index is 5.23. The van der Waals surface area contributed by atoms with Gasteiger partial charge in [0.15, 0.2) is 0 Å². The zero-order chi connectivity index (χ0) is 14.9. The number of rotatable bonds is 5. The number of aryl methyl sites for hydroxylation is 2. The van der Waals surface area contributed by atoms with Crippen LogP contribution in [0.5, 0.6) is 0 Å². The molecule has 0 spiro atoms. The van der Waals surface area contributed by atoms with Crippen LogP contribution < -0.4 is 0 Å². The fourth-order valence-corrected chi connectivity index (χ4v) is 2.38. The zero-order valence-corrected chi connectivity index (χ0v) is 13.3. The first-order valence-corrected chi connectivity index (χ1v) is 7.00. The second-order valence-electron chi connectivity index (χ2n) is 5.70. The van der Waals surface area contributed by atoms with Crippen molar-refractivity contribution in [1.82, 2.24) is 19.6 Å². The van der Waals surface area contributed by atoms with E-state index in [0.717, 1.165) is 23.6 Å². The Morgan fingerprint density at radius 1 is 1.35 bits per heavy atom. The average molecular weight is 276 g/mol. The highest BCUT2D eigenvalue weighted by atomic mass is 16.7. The number of hydrogen-bond acceptors (Lipinski definition) is 4. The normalized spacial score (nSPS) is 12.0. The van der Waals surface area contributed by atoms with Crippen molar-refractivity contribution < 1.29 is 4.84 Å². The third-order valence-electron chi connectivity index (χ3n) is 3.58. The van der Waals surface area contributed by atoms with E-state index in [2.05, 4.69) is 30.3 Å². The Labute approximate surface area is 120 Å². The second-order valence-corrected chi connectivity index (χ2v) is 5.70. The molecule has 0 aliphatic carbocycles. The molecule has 2 aromatic rings. The van der Waals surface area contributed by atoms with E-state index in [1.807, 2.05) is 20.2 Å². The molecule has 2 heterocycles. The van der Waals surface area contributed by atoms with E-state index in [-0.39, 0.29) is 0 Å². The summed E-state index contributed by atoms with van der Waals surface area (Å²) in [5.74, 6) is 1.58. The zero-order valence-electron chi connectivity index (χ0n) is 13.3. The number of hydroxylamine groups is 2. The van der Waals surface area contributed by atoms with Gasteiger partial charge in [-0.25, -0.2) is 4.98 Å². The van der Waals surface area contributed by atoms with Gasteiger partial charge in [-0.2, -0.15) is 5.06 Å². The van der Waals surface area contributed by atoms with Crippen LogP contribution in [0.3, 0.4) is 0 Å². The van der Waals surface area contributed by atoms with Gasteiger partial charge < -0.3 is 9.40 Å². The quantitative estimate of drug-likeness (QED) is 0.788. The number of fused-ring (bicyclic) bond motifs is 1. The maximum Gasteiger partial charge on any atom is 0.126 e. The summed E-state index contributed by atoms with van der Waals surface area (Å²) in [5, 5.41) is 1.79. The largest absolute Gasteiger partial charge is 0.326 e. The summed E-state index contributed by atoms with van der Waals surface area (Å²) in [6.45, 7) is 10.2. The molecular formula is C15H24N4O. The van der Waals surface area contributed by atoms with Crippen LogP contribution in [0.1, 0.15) is 30.9 Å². The predicted molar refractivity (Wildman–Crippen MR) is 80.3 cm³/mol. The molecule has 0 aromatic carbocycles. The van der Waals surface area contributed by atoms with Crippen LogP contribution in [-0.2, 0) is 17.9 Å². The third kappa shape index (κ3) is 2.83. The van der Waals surface area contributed by atoms with Gasteiger partial charge in [0, 0.05) is 19.3 Å². The number of hydrogen-bond donors (Lipinski definition) is 0. The molecule has 0 radical (unpaired) electrons. The van der Waals surface area contributed by atoms with Gasteiger partial charge in [0.05, 0.1) is 25.4 Å². The van der Waals surface area contributed by atoms with Crippen molar-refractivity contribution >= 4 is 11.0 Å². The molecule has 0 bridgehead atoms. The summed E-state index contributed by atoms with van der Waals surface area (Å²) >= 11 is 0. The van der Waals surface area contributed by atoms with Crippen LogP contribution in [0.2, 0.25) is 0 Å². The third-order valence-corrected chi connectivity index (χ3v) is 3.58. The van der Waals surface area contributed by atoms with E-state index >= 15 is 0 Å². The lowest BCUT2D eigenvalue weighted by Gasteiger charge is -2.17. The fraction of sp³-hybridized carbons (Fsp3) is 0.600. The Morgan fingerprint density at radius 2 is 2.05 bits per heavy atom. The Kier molecular flexibility index (Phi) is 4.40. The van der Waals surface area contributed by atoms with E-state index in [1.165, 1.54) is 11.1 Å². The van der Waals surface area contributed by atoms with Crippen molar-refractivity contribution in [1.29, 1.82) is 0 Å². The molecular weight excluding hydrogens is 252 g/mol. The highest BCUT2D eigenvalue weighted by Gasteiger charge is 2.16. The van der Waals surface area contributed by atoms with Crippen LogP contribution in [0.15, 0.2) is 6.20 Å². The van der Waals surface area contributed by atoms with E-state index in [0.29, 0.717) is 12.5 Å². The van der Waals surface area contributed by atoms with Crippen LogP contribution >= 0.6 is 0 Å². The first-order valence-electron chi connectivity index (χ1n) is 7.00. The van der Waals surface area contributed by atoms with Crippen molar-refractivity contribution in [2.24, 2.45) is 5.92 Å². The van der Waals surface area contributed by atoms with Gasteiger partial charge in [-0.05, 0) is 25.3 Å². The highest BCUT2D eigenvalue weighted by Crippen LogP contribution is 2.23. The molecule has 0 N–H and O–H groups in total. The molecule has 5 heteroatoms. The molecule has 0 saturated heterocycles. The van der Waals surface area contributed by atoms with Gasteiger partial charge in [0.25, 0.3) is 0 Å². The molecule has 110 valence electrons. The van der Waals surface area contributed by atoms with Gasteiger partial charge in [-0.15, -0.1) is 0 Å². The molecule has 0 fully saturated rings. The minimum Gasteiger partial charge on any atom is -0.326 e. The summed E-state index contributed by atoms with van der Waals surface area (Å²) in [5.41, 5.74) is 4.44. The van der Waals surface area contributed by atoms with Gasteiger partial charge >= 0.3 is 0 Å². The molecule has 0 aliphatic rings. The van der Waals surface area contributed by atoms with Gasteiger partial charge in [0.2, 0.25) is 0 Å². The lowest BCUT2D eigenvalue weighted by molar-refractivity contribution is -0.118. The van der Waals surface area contributed by atoms with Crippen LogP contribution in [0, 0.1) is 19.8 Å². The smallest absolute Gasteiger partial charge is 0.126 e. The van der Waals surface area contributed by atoms with Crippen molar-refractivity contribution in [2.45, 2.75) is 40.8 Å². The lowest BCUT2D eigenvalue weighted by atomic mass is 10.1. The fourth-order valence-electron chi connectivity index (χ4n) is 2.38. The van der Waals surface area contributed by atoms with Crippen LogP contribution in [-0.4, -0.2) is 33.8 Å². The van der Waals surface area contributed by atoms with E-state index in [1.54, 1.807) is 12.2 Å². The monoisotopic (exact) mass is 276 g/mol. The summed E-state index contributed by atoms with van der Waals surface area (Å²) < 4.78 is 2.31. The Morgan fingerprint density at radius 3 is 2.65 bits per heavy atom. The molecule has 0 saturated carbocycles. The van der Waals surface area contributed by atoms with Crippen molar-refractivity contribution in [2.75, 3.05) is 14.2 Å². The summed E-state index contributed by atoms with van der Waals surface area (Å²) in [6.07, 6.45) is 1.87. The maximum atomic E-state index is 5.23. The first kappa shape index (κ1) is 14.9. The molecule has 0 aliphatic heterocycles. The standard InChI is InChI=1S/C15H24N4O/c1-10(2)8-19-14(9-18(5)20-6)17-13-7-16-12(4)11(3)15(13)19/h7,10H,8-9H2,1-6H3. The van der Waals surface area contributed by atoms with Crippen LogP contribution in [0.25, 0.3) is 11.0 Å². The van der Waals surface area contributed by atoms with Crippen LogP contribution in [0.4, 0.5) is 0 Å². The number of nitrogens with zero attached hydrogens (tertiary/aromatic N) is 4. The minimum absolute atomic E-state index is 0.562. The van der Waals surface area contributed by atoms with Gasteiger partial charge in [-0.3, -0.25) is 4.98 Å². The predicted octanol–water partition coefficient (Wildman–Crippen LogP) is 2.70. The molecule has 0 atom stereocenters. The van der Waals surface area contributed by atoms with E-state index in [9.17, 15) is 0 Å². The molecule has 2 rings (SSSR count). The van der Waals surface area contributed by atoms with Gasteiger partial charge in [0.1, 0.15) is 11.3 Å². The SMILES string of the molecule is CON(C)Cc1nc2cnc(C)c(C)c2n1CC(C)C. The molecule has 2 aromatic heterocycles. The summed E-state index contributed by atoms with van der Waals surface area (Å²) in [4.78, 5) is 14.4. The first-order chi connectivity index (χ1) is 9.43. The van der Waals surface area contributed by atoms with Crippen molar-refractivity contribution in [3.05, 3.63) is 23.3 Å². The molecule has 0 unspecified atom stereocenters. The minimum atomic E-state index is 0.562. The Hall–Kier alpha value is -1.46. The molecule has 20 heavy (non-hydrogen) atoms. The van der Waals surface area contributed by atoms with Crippen molar-refractivity contribution in [3.63, 3.8) is 0 Å². The summed E-state index contributed by atoms with van der Waals surface area (Å²) in [7, 11) is 3.59. The topological polar surface area (TPSA) is 43.2 Å².